The van der Waals surface area contributed by atoms with Crippen molar-refractivity contribution < 1.29 is 4.74 Å². The Labute approximate surface area is 140 Å². The van der Waals surface area contributed by atoms with Gasteiger partial charge in [0, 0.05) is 22.6 Å². The first-order valence-corrected chi connectivity index (χ1v) is 7.61. The summed E-state index contributed by atoms with van der Waals surface area (Å²) in [6, 6.07) is 10.1. The molecule has 1 aromatic carbocycles. The molecule has 0 radical (unpaired) electrons. The predicted molar refractivity (Wildman–Crippen MR) is 93.9 cm³/mol. The number of hydrogen-bond donors (Lipinski definition) is 0. The maximum absolute atomic E-state index is 5.53. The van der Waals surface area contributed by atoms with Gasteiger partial charge in [0.1, 0.15) is 25.0 Å². The van der Waals surface area contributed by atoms with Crippen molar-refractivity contribution in [2.75, 3.05) is 6.61 Å². The number of hydrogen-bond acceptors (Lipinski definition) is 4. The Kier molecular flexibility index (Phi) is 4.56. The molecule has 2 heterocycles. The highest BCUT2D eigenvalue weighted by Gasteiger charge is 2.09. The summed E-state index contributed by atoms with van der Waals surface area (Å²) in [5.74, 6) is 0.829. The van der Waals surface area contributed by atoms with Crippen molar-refractivity contribution in [1.82, 2.24) is 19.4 Å². The van der Waals surface area contributed by atoms with E-state index in [4.69, 9.17) is 4.74 Å². The quantitative estimate of drug-likeness (QED) is 0.518. The average molecular weight is 321 g/mol. The van der Waals surface area contributed by atoms with Gasteiger partial charge in [-0.15, -0.1) is 10.2 Å². The van der Waals surface area contributed by atoms with Crippen molar-refractivity contribution in [1.29, 1.82) is 0 Å². The Morgan fingerprint density at radius 3 is 2.54 bits per heavy atom. The normalized spacial score (nSPS) is 11.1. The van der Waals surface area contributed by atoms with E-state index in [1.54, 1.807) is 23.4 Å². The van der Waals surface area contributed by atoms with Crippen LogP contribution in [-0.2, 0) is 0 Å². The first-order valence-electron chi connectivity index (χ1n) is 7.61. The molecule has 0 atom stereocenters. The van der Waals surface area contributed by atoms with Crippen LogP contribution in [-0.4, -0.2) is 32.3 Å². The van der Waals surface area contributed by atoms with Crippen LogP contribution >= 0.6 is 0 Å². The summed E-state index contributed by atoms with van der Waals surface area (Å²) < 4.78 is 9.28. The summed E-state index contributed by atoms with van der Waals surface area (Å²) in [4.78, 5) is 0. The topological polar surface area (TPSA) is 57.2 Å². The van der Waals surface area contributed by atoms with Crippen LogP contribution in [0.15, 0.2) is 60.7 Å². The van der Waals surface area contributed by atoms with Gasteiger partial charge in [-0.05, 0) is 44.2 Å². The highest BCUT2D eigenvalue weighted by atomic mass is 16.5. The third-order valence-corrected chi connectivity index (χ3v) is 3.67. The van der Waals surface area contributed by atoms with Crippen molar-refractivity contribution in [2.24, 2.45) is 5.10 Å². The summed E-state index contributed by atoms with van der Waals surface area (Å²) in [6.45, 7) is 8.30. The molecule has 24 heavy (non-hydrogen) atoms. The number of benzene rings is 1. The van der Waals surface area contributed by atoms with Gasteiger partial charge in [0.25, 0.3) is 0 Å². The highest BCUT2D eigenvalue weighted by Crippen LogP contribution is 2.22. The lowest BCUT2D eigenvalue weighted by molar-refractivity contribution is 0.363. The fourth-order valence-corrected chi connectivity index (χ4v) is 2.55. The van der Waals surface area contributed by atoms with Crippen LogP contribution in [0, 0.1) is 13.8 Å². The number of nitrogens with zero attached hydrogens (tertiary/aromatic N) is 5. The molecule has 2 aromatic heterocycles. The predicted octanol–water partition coefficient (Wildman–Crippen LogP) is 3.13. The molecule has 122 valence electrons. The minimum atomic E-state index is 0.505. The molecular weight excluding hydrogens is 302 g/mol. The van der Waals surface area contributed by atoms with E-state index in [1.807, 2.05) is 30.5 Å². The molecule has 0 aliphatic carbocycles. The van der Waals surface area contributed by atoms with Crippen LogP contribution in [0.2, 0.25) is 0 Å². The van der Waals surface area contributed by atoms with E-state index >= 15 is 0 Å². The fraction of sp³-hybridized carbons (Fsp3) is 0.167. The van der Waals surface area contributed by atoms with Gasteiger partial charge in [0.2, 0.25) is 0 Å². The Morgan fingerprint density at radius 2 is 1.88 bits per heavy atom. The van der Waals surface area contributed by atoms with E-state index in [0.717, 1.165) is 28.4 Å². The van der Waals surface area contributed by atoms with Gasteiger partial charge in [0.05, 0.1) is 6.21 Å². The van der Waals surface area contributed by atoms with Gasteiger partial charge in [-0.3, -0.25) is 0 Å². The maximum atomic E-state index is 5.53. The standard InChI is InChI=1S/C18H19N5O/c1-4-9-24-18-7-5-17(6-8-18)23-14(2)10-16(15(23)3)11-21-22-12-19-20-13-22/h4-8,10-13H,1,9H2,2-3H3/b21-11+. The van der Waals surface area contributed by atoms with Gasteiger partial charge in [-0.2, -0.15) is 5.10 Å². The Balaban J connectivity index is 1.87. The van der Waals surface area contributed by atoms with Crippen molar-refractivity contribution in [3.05, 3.63) is 72.6 Å². The molecule has 0 aliphatic rings. The Morgan fingerprint density at radius 1 is 1.17 bits per heavy atom. The third-order valence-electron chi connectivity index (χ3n) is 3.67. The zero-order valence-corrected chi connectivity index (χ0v) is 13.8. The Hall–Kier alpha value is -3.15. The molecule has 0 unspecified atom stereocenters. The van der Waals surface area contributed by atoms with Crippen LogP contribution in [0.3, 0.4) is 0 Å². The summed E-state index contributed by atoms with van der Waals surface area (Å²) >= 11 is 0. The van der Waals surface area contributed by atoms with Crippen molar-refractivity contribution in [3.63, 3.8) is 0 Å². The third kappa shape index (κ3) is 3.27. The van der Waals surface area contributed by atoms with E-state index in [1.165, 1.54) is 0 Å². The first kappa shape index (κ1) is 15.7. The van der Waals surface area contributed by atoms with Crippen molar-refractivity contribution in [3.8, 4) is 11.4 Å². The second-order valence-electron chi connectivity index (χ2n) is 5.34. The van der Waals surface area contributed by atoms with E-state index in [-0.39, 0.29) is 0 Å². The SMILES string of the molecule is C=CCOc1ccc(-n2c(C)cc(/C=N/n3cnnc3)c2C)cc1. The lowest BCUT2D eigenvalue weighted by Gasteiger charge is -2.11. The summed E-state index contributed by atoms with van der Waals surface area (Å²) in [5.41, 5.74) is 4.38. The van der Waals surface area contributed by atoms with Gasteiger partial charge in [0.15, 0.2) is 0 Å². The average Bonchev–Trinajstić information content (AvgIpc) is 3.20. The maximum Gasteiger partial charge on any atom is 0.141 e. The smallest absolute Gasteiger partial charge is 0.141 e. The first-order chi connectivity index (χ1) is 11.7. The molecule has 6 nitrogen and oxygen atoms in total. The molecule has 0 saturated carbocycles. The molecule has 3 rings (SSSR count). The number of rotatable bonds is 6. The van der Waals surface area contributed by atoms with Crippen LogP contribution < -0.4 is 4.74 Å². The summed E-state index contributed by atoms with van der Waals surface area (Å²) in [7, 11) is 0. The number of ether oxygens (including phenoxy) is 1. The largest absolute Gasteiger partial charge is 0.490 e. The van der Waals surface area contributed by atoms with Crippen LogP contribution in [0.25, 0.3) is 5.69 Å². The zero-order chi connectivity index (χ0) is 16.9. The van der Waals surface area contributed by atoms with Crippen molar-refractivity contribution in [2.45, 2.75) is 13.8 Å². The molecule has 3 aromatic rings. The zero-order valence-electron chi connectivity index (χ0n) is 13.8. The van der Waals surface area contributed by atoms with Gasteiger partial charge >= 0.3 is 0 Å². The molecule has 0 fully saturated rings. The second kappa shape index (κ2) is 6.95. The van der Waals surface area contributed by atoms with Gasteiger partial charge in [-0.25, -0.2) is 4.68 Å². The molecule has 6 heteroatoms. The summed E-state index contributed by atoms with van der Waals surface area (Å²) in [6.07, 6.45) is 6.65. The minimum Gasteiger partial charge on any atom is -0.490 e. The number of aryl methyl sites for hydroxylation is 1. The molecule has 0 amide bonds. The van der Waals surface area contributed by atoms with Crippen molar-refractivity contribution >= 4 is 6.21 Å². The Bertz CT molecular complexity index is 844. The molecule has 0 aliphatic heterocycles. The van der Waals surface area contributed by atoms with Crippen LogP contribution in [0.5, 0.6) is 5.75 Å². The second-order valence-corrected chi connectivity index (χ2v) is 5.34. The summed E-state index contributed by atoms with van der Waals surface area (Å²) in [5, 5.41) is 11.8. The van der Waals surface area contributed by atoms with Crippen LogP contribution in [0.1, 0.15) is 17.0 Å². The fourth-order valence-electron chi connectivity index (χ4n) is 2.55. The lowest BCUT2D eigenvalue weighted by Crippen LogP contribution is -2.00. The monoisotopic (exact) mass is 321 g/mol. The minimum absolute atomic E-state index is 0.505. The van der Waals surface area contributed by atoms with Crippen LogP contribution in [0.4, 0.5) is 0 Å². The van der Waals surface area contributed by atoms with E-state index in [2.05, 4.69) is 46.4 Å². The van der Waals surface area contributed by atoms with E-state index < -0.39 is 0 Å². The number of aromatic nitrogens is 4. The molecule has 0 spiro atoms. The molecule has 0 bridgehead atoms. The molecule has 0 saturated heterocycles. The van der Waals surface area contributed by atoms with Gasteiger partial charge in [-0.1, -0.05) is 12.7 Å². The van der Waals surface area contributed by atoms with Gasteiger partial charge < -0.3 is 9.30 Å². The van der Waals surface area contributed by atoms with E-state index in [0.29, 0.717) is 6.61 Å². The highest BCUT2D eigenvalue weighted by molar-refractivity contribution is 5.82. The lowest BCUT2D eigenvalue weighted by atomic mass is 10.2. The molecule has 0 N–H and O–H groups in total. The van der Waals surface area contributed by atoms with E-state index in [9.17, 15) is 0 Å². The molecular formula is C18H19N5O.